The molecule has 0 aliphatic heterocycles. The summed E-state index contributed by atoms with van der Waals surface area (Å²) in [7, 11) is 0. The molecule has 2 atom stereocenters. The highest BCUT2D eigenvalue weighted by Crippen LogP contribution is 2.48. The third kappa shape index (κ3) is 1.09. The number of allylic oxidation sites excluding steroid dienone is 6. The molecule has 1 fully saturated rings. The first-order chi connectivity index (χ1) is 5.80. The summed E-state index contributed by atoms with van der Waals surface area (Å²) in [5.41, 5.74) is 5.23. The molecule has 2 unspecified atom stereocenters. The Labute approximate surface area is 71.4 Å². The van der Waals surface area contributed by atoms with E-state index in [1.54, 1.807) is 0 Å². The Balaban J connectivity index is 2.17. The van der Waals surface area contributed by atoms with Gasteiger partial charge in [-0.1, -0.05) is 36.5 Å². The van der Waals surface area contributed by atoms with Gasteiger partial charge in [-0.25, -0.2) is 0 Å². The molecular weight excluding hydrogens is 150 g/mol. The fourth-order valence-electron chi connectivity index (χ4n) is 1.75. The van der Waals surface area contributed by atoms with Crippen LogP contribution in [-0.2, 0) is 4.79 Å². The molecule has 2 aliphatic rings. The van der Waals surface area contributed by atoms with E-state index >= 15 is 0 Å². The Morgan fingerprint density at radius 3 is 1.92 bits per heavy atom. The second-order valence-electron chi connectivity index (χ2n) is 3.24. The molecule has 0 aromatic rings. The lowest BCUT2D eigenvalue weighted by Gasteiger charge is -1.85. The molecule has 2 heteroatoms. The molecule has 1 amide bonds. The molecule has 0 radical (unpaired) electrons. The van der Waals surface area contributed by atoms with E-state index in [9.17, 15) is 4.79 Å². The van der Waals surface area contributed by atoms with Crippen LogP contribution in [0.3, 0.4) is 0 Å². The maximum absolute atomic E-state index is 10.9. The molecule has 12 heavy (non-hydrogen) atoms. The number of carbonyl (C=O) groups excluding carboxylic acids is 1. The van der Waals surface area contributed by atoms with Gasteiger partial charge in [0.15, 0.2) is 0 Å². The average Bonchev–Trinajstić information content (AvgIpc) is 2.60. The first kappa shape index (κ1) is 7.35. The van der Waals surface area contributed by atoms with Crippen LogP contribution in [0.5, 0.6) is 0 Å². The molecule has 0 aromatic heterocycles. The quantitative estimate of drug-likeness (QED) is 0.613. The van der Waals surface area contributed by atoms with E-state index in [1.165, 1.54) is 0 Å². The maximum Gasteiger partial charge on any atom is 0.221 e. The van der Waals surface area contributed by atoms with E-state index < -0.39 is 0 Å². The van der Waals surface area contributed by atoms with Crippen molar-refractivity contribution in [2.24, 2.45) is 23.5 Å². The Morgan fingerprint density at radius 1 is 1.00 bits per heavy atom. The van der Waals surface area contributed by atoms with Crippen LogP contribution >= 0.6 is 0 Å². The van der Waals surface area contributed by atoms with Crippen LogP contribution < -0.4 is 5.73 Å². The van der Waals surface area contributed by atoms with Gasteiger partial charge < -0.3 is 5.73 Å². The van der Waals surface area contributed by atoms with Crippen molar-refractivity contribution in [2.75, 3.05) is 0 Å². The third-order valence-electron chi connectivity index (χ3n) is 2.46. The zero-order chi connectivity index (χ0) is 8.55. The van der Waals surface area contributed by atoms with Gasteiger partial charge in [0.2, 0.25) is 5.91 Å². The van der Waals surface area contributed by atoms with Crippen LogP contribution in [0.4, 0.5) is 0 Å². The summed E-state index contributed by atoms with van der Waals surface area (Å²) in [4.78, 5) is 10.9. The number of primary amides is 1. The van der Waals surface area contributed by atoms with Crippen LogP contribution in [0, 0.1) is 17.8 Å². The molecule has 2 rings (SSSR count). The summed E-state index contributed by atoms with van der Waals surface area (Å²) in [6.07, 6.45) is 12.0. The number of rotatable bonds is 1. The van der Waals surface area contributed by atoms with Gasteiger partial charge in [0.05, 0.1) is 5.92 Å². The normalized spacial score (nSPS) is 36.8. The number of nitrogens with two attached hydrogens (primary N) is 1. The number of amides is 1. The fourth-order valence-corrected chi connectivity index (χ4v) is 1.75. The highest BCUT2D eigenvalue weighted by Gasteiger charge is 2.50. The second-order valence-corrected chi connectivity index (χ2v) is 3.24. The molecule has 0 heterocycles. The summed E-state index contributed by atoms with van der Waals surface area (Å²) in [5.74, 6) is 0.561. The highest BCUT2D eigenvalue weighted by molar-refractivity contribution is 5.81. The first-order valence-corrected chi connectivity index (χ1v) is 4.11. The first-order valence-electron chi connectivity index (χ1n) is 4.11. The molecule has 2 aliphatic carbocycles. The molecule has 0 spiro atoms. The molecule has 62 valence electrons. The topological polar surface area (TPSA) is 43.1 Å². The number of hydrogen-bond acceptors (Lipinski definition) is 1. The molecule has 1 saturated carbocycles. The van der Waals surface area contributed by atoms with Gasteiger partial charge in [-0.2, -0.15) is 0 Å². The molecule has 2 nitrogen and oxygen atoms in total. The maximum atomic E-state index is 10.9. The van der Waals surface area contributed by atoms with Gasteiger partial charge in [0.1, 0.15) is 0 Å². The summed E-state index contributed by atoms with van der Waals surface area (Å²) < 4.78 is 0. The van der Waals surface area contributed by atoms with E-state index in [4.69, 9.17) is 5.73 Å². The summed E-state index contributed by atoms with van der Waals surface area (Å²) >= 11 is 0. The van der Waals surface area contributed by atoms with E-state index in [1.807, 2.05) is 24.3 Å². The second kappa shape index (κ2) is 2.63. The largest absolute Gasteiger partial charge is 0.369 e. The highest BCUT2D eigenvalue weighted by atomic mass is 16.1. The van der Waals surface area contributed by atoms with Gasteiger partial charge in [0, 0.05) is 0 Å². The van der Waals surface area contributed by atoms with Crippen LogP contribution in [-0.4, -0.2) is 5.91 Å². The van der Waals surface area contributed by atoms with Gasteiger partial charge >= 0.3 is 0 Å². The van der Waals surface area contributed by atoms with Crippen molar-refractivity contribution in [3.05, 3.63) is 36.5 Å². The molecule has 0 bridgehead atoms. The zero-order valence-electron chi connectivity index (χ0n) is 6.68. The van der Waals surface area contributed by atoms with Crippen LogP contribution in [0.25, 0.3) is 0 Å². The average molecular weight is 161 g/mol. The molecule has 0 saturated heterocycles. The van der Waals surface area contributed by atoms with Gasteiger partial charge in [-0.15, -0.1) is 0 Å². The Bertz CT molecular complexity index is 266. The third-order valence-corrected chi connectivity index (χ3v) is 2.46. The van der Waals surface area contributed by atoms with Crippen molar-refractivity contribution >= 4 is 5.91 Å². The lowest BCUT2D eigenvalue weighted by Crippen LogP contribution is -2.14. The lowest BCUT2D eigenvalue weighted by molar-refractivity contribution is -0.119. The van der Waals surface area contributed by atoms with Crippen LogP contribution in [0.2, 0.25) is 0 Å². The molecule has 0 aromatic carbocycles. The minimum Gasteiger partial charge on any atom is -0.369 e. The SMILES string of the molecule is NC(=O)C1C2C=CC=CC=CC21. The molecular formula is C10H11NO. The summed E-state index contributed by atoms with van der Waals surface area (Å²) in [6, 6.07) is 0. The van der Waals surface area contributed by atoms with Crippen molar-refractivity contribution < 1.29 is 4.79 Å². The van der Waals surface area contributed by atoms with Gasteiger partial charge in [-0.05, 0) is 11.8 Å². The van der Waals surface area contributed by atoms with Crippen molar-refractivity contribution in [3.63, 3.8) is 0 Å². The van der Waals surface area contributed by atoms with Crippen molar-refractivity contribution in [3.8, 4) is 0 Å². The van der Waals surface area contributed by atoms with Gasteiger partial charge in [0.25, 0.3) is 0 Å². The molecule has 2 N–H and O–H groups in total. The monoisotopic (exact) mass is 161 g/mol. The lowest BCUT2D eigenvalue weighted by atomic mass is 10.2. The zero-order valence-corrected chi connectivity index (χ0v) is 6.68. The van der Waals surface area contributed by atoms with Crippen LogP contribution in [0.1, 0.15) is 0 Å². The van der Waals surface area contributed by atoms with E-state index in [2.05, 4.69) is 12.2 Å². The summed E-state index contributed by atoms with van der Waals surface area (Å²) in [5, 5.41) is 0. The Hall–Kier alpha value is -1.31. The van der Waals surface area contributed by atoms with E-state index in [0.29, 0.717) is 11.8 Å². The predicted molar refractivity (Wildman–Crippen MR) is 47.1 cm³/mol. The van der Waals surface area contributed by atoms with Crippen molar-refractivity contribution in [2.45, 2.75) is 0 Å². The smallest absolute Gasteiger partial charge is 0.221 e. The predicted octanol–water partition coefficient (Wildman–Crippen LogP) is 1.02. The van der Waals surface area contributed by atoms with E-state index in [-0.39, 0.29) is 11.8 Å². The van der Waals surface area contributed by atoms with Gasteiger partial charge in [-0.3, -0.25) is 4.79 Å². The van der Waals surface area contributed by atoms with E-state index in [0.717, 1.165) is 0 Å². The number of hydrogen-bond donors (Lipinski definition) is 1. The van der Waals surface area contributed by atoms with Crippen molar-refractivity contribution in [1.29, 1.82) is 0 Å². The number of carbonyl (C=O) groups is 1. The van der Waals surface area contributed by atoms with Crippen LogP contribution in [0.15, 0.2) is 36.5 Å². The number of fused-ring (bicyclic) bond motifs is 1. The Morgan fingerprint density at radius 2 is 1.50 bits per heavy atom. The minimum absolute atomic E-state index is 0.0393. The summed E-state index contributed by atoms with van der Waals surface area (Å²) in [6.45, 7) is 0. The van der Waals surface area contributed by atoms with Crippen molar-refractivity contribution in [1.82, 2.24) is 0 Å². The minimum atomic E-state index is -0.179. The fraction of sp³-hybridized carbons (Fsp3) is 0.300. The Kier molecular flexibility index (Phi) is 1.61. The standard InChI is InChI=1S/C10H11NO/c11-10(12)9-7-5-3-1-2-4-6-8(7)9/h1-9H,(H2,11,12).